The predicted molar refractivity (Wildman–Crippen MR) is 90.6 cm³/mol. The summed E-state index contributed by atoms with van der Waals surface area (Å²) in [5.41, 5.74) is 3.27. The smallest absolute Gasteiger partial charge is 0.177 e. The number of carbonyl (C=O) groups excluding carboxylic acids is 1. The van der Waals surface area contributed by atoms with Gasteiger partial charge >= 0.3 is 0 Å². The number of ketones is 1. The van der Waals surface area contributed by atoms with Crippen molar-refractivity contribution < 1.29 is 9.90 Å². The van der Waals surface area contributed by atoms with Crippen LogP contribution in [0.2, 0.25) is 0 Å². The number of aryl methyl sites for hydroxylation is 1. The van der Waals surface area contributed by atoms with E-state index in [-0.39, 0.29) is 11.5 Å². The number of rotatable bonds is 4. The highest BCUT2D eigenvalue weighted by molar-refractivity contribution is 7.17. The lowest BCUT2D eigenvalue weighted by atomic mass is 10.1. The molecule has 3 aromatic rings. The molecular weight excluding hydrogens is 292 g/mol. The van der Waals surface area contributed by atoms with Crippen LogP contribution in [0.5, 0.6) is 5.75 Å². The van der Waals surface area contributed by atoms with Gasteiger partial charge in [0.15, 0.2) is 5.78 Å². The summed E-state index contributed by atoms with van der Waals surface area (Å²) in [5, 5.41) is 9.27. The van der Waals surface area contributed by atoms with Crippen LogP contribution in [0, 0.1) is 6.92 Å². The van der Waals surface area contributed by atoms with Crippen LogP contribution in [0.25, 0.3) is 10.4 Å². The van der Waals surface area contributed by atoms with Crippen LogP contribution in [0.4, 0.5) is 0 Å². The molecule has 0 aliphatic heterocycles. The molecule has 22 heavy (non-hydrogen) atoms. The van der Waals surface area contributed by atoms with E-state index in [1.807, 2.05) is 12.1 Å². The Kier molecular flexibility index (Phi) is 4.07. The van der Waals surface area contributed by atoms with Crippen molar-refractivity contribution in [3.8, 4) is 16.2 Å². The summed E-state index contributed by atoms with van der Waals surface area (Å²) in [6.45, 7) is 2.06. The normalized spacial score (nSPS) is 10.6. The molecule has 0 amide bonds. The summed E-state index contributed by atoms with van der Waals surface area (Å²) in [6, 6.07) is 19.0. The molecule has 2 aromatic carbocycles. The number of hydrogen-bond acceptors (Lipinski definition) is 3. The largest absolute Gasteiger partial charge is 0.508 e. The Labute approximate surface area is 133 Å². The zero-order valence-corrected chi connectivity index (χ0v) is 13.1. The number of aromatic hydroxyl groups is 1. The minimum atomic E-state index is 0.106. The molecule has 0 fully saturated rings. The fourth-order valence-corrected chi connectivity index (χ4v) is 3.20. The van der Waals surface area contributed by atoms with E-state index >= 15 is 0 Å². The molecule has 110 valence electrons. The second kappa shape index (κ2) is 6.16. The van der Waals surface area contributed by atoms with Crippen LogP contribution in [-0.4, -0.2) is 10.9 Å². The van der Waals surface area contributed by atoms with E-state index in [2.05, 4.69) is 31.2 Å². The maximum absolute atomic E-state index is 12.3. The van der Waals surface area contributed by atoms with Crippen molar-refractivity contribution in [2.75, 3.05) is 0 Å². The van der Waals surface area contributed by atoms with Gasteiger partial charge in [-0.2, -0.15) is 0 Å². The van der Waals surface area contributed by atoms with Crippen molar-refractivity contribution >= 4 is 17.1 Å². The third-order valence-corrected chi connectivity index (χ3v) is 4.69. The van der Waals surface area contributed by atoms with Crippen molar-refractivity contribution in [3.05, 3.63) is 76.7 Å². The first-order chi connectivity index (χ1) is 10.6. The van der Waals surface area contributed by atoms with Crippen molar-refractivity contribution in [1.82, 2.24) is 0 Å². The molecule has 1 heterocycles. The van der Waals surface area contributed by atoms with E-state index < -0.39 is 0 Å². The van der Waals surface area contributed by atoms with Gasteiger partial charge in [-0.1, -0.05) is 42.0 Å². The average molecular weight is 308 g/mol. The van der Waals surface area contributed by atoms with Gasteiger partial charge in [-0.05, 0) is 42.3 Å². The third-order valence-electron chi connectivity index (χ3n) is 3.52. The van der Waals surface area contributed by atoms with Gasteiger partial charge in [-0.3, -0.25) is 4.79 Å². The van der Waals surface area contributed by atoms with E-state index in [4.69, 9.17) is 0 Å². The molecule has 2 nitrogen and oxygen atoms in total. The van der Waals surface area contributed by atoms with Gasteiger partial charge in [0, 0.05) is 11.3 Å². The summed E-state index contributed by atoms with van der Waals surface area (Å²) in [4.78, 5) is 14.2. The molecular formula is C19H16O2S. The zero-order chi connectivity index (χ0) is 15.5. The van der Waals surface area contributed by atoms with Crippen molar-refractivity contribution in [2.24, 2.45) is 0 Å². The van der Waals surface area contributed by atoms with Gasteiger partial charge in [0.05, 0.1) is 4.88 Å². The lowest BCUT2D eigenvalue weighted by molar-refractivity contribution is 0.0997. The topological polar surface area (TPSA) is 37.3 Å². The molecule has 1 aromatic heterocycles. The first-order valence-corrected chi connectivity index (χ1v) is 7.91. The number of benzene rings is 2. The number of Topliss-reactive ketones (excluding diaryl/α,β-unsaturated/α-hetero) is 1. The molecule has 1 N–H and O–H groups in total. The zero-order valence-electron chi connectivity index (χ0n) is 12.2. The van der Waals surface area contributed by atoms with Crippen LogP contribution in [0.15, 0.2) is 60.7 Å². The predicted octanol–water partition coefficient (Wildman–Crippen LogP) is 4.85. The summed E-state index contributed by atoms with van der Waals surface area (Å²) in [7, 11) is 0. The highest BCUT2D eigenvalue weighted by atomic mass is 32.1. The van der Waals surface area contributed by atoms with Gasteiger partial charge in [0.1, 0.15) is 5.75 Å². The fraction of sp³-hybridized carbons (Fsp3) is 0.105. The summed E-state index contributed by atoms with van der Waals surface area (Å²) >= 11 is 1.52. The molecule has 0 aliphatic rings. The molecule has 0 spiro atoms. The van der Waals surface area contributed by atoms with Gasteiger partial charge in [0.25, 0.3) is 0 Å². The van der Waals surface area contributed by atoms with Crippen molar-refractivity contribution in [2.45, 2.75) is 13.3 Å². The van der Waals surface area contributed by atoms with Crippen LogP contribution >= 0.6 is 11.3 Å². The Morgan fingerprint density at radius 3 is 2.32 bits per heavy atom. The minimum Gasteiger partial charge on any atom is -0.508 e. The highest BCUT2D eigenvalue weighted by Crippen LogP contribution is 2.29. The van der Waals surface area contributed by atoms with Crippen molar-refractivity contribution in [1.29, 1.82) is 0 Å². The number of phenolic OH excluding ortho intramolecular Hbond substituents is 1. The summed E-state index contributed by atoms with van der Waals surface area (Å²) in [6.07, 6.45) is 0.355. The molecule has 0 atom stereocenters. The fourth-order valence-electron chi connectivity index (χ4n) is 2.25. The van der Waals surface area contributed by atoms with Crippen LogP contribution in [0.1, 0.15) is 20.8 Å². The van der Waals surface area contributed by atoms with Gasteiger partial charge in [0.2, 0.25) is 0 Å². The number of hydrogen-bond donors (Lipinski definition) is 1. The monoisotopic (exact) mass is 308 g/mol. The van der Waals surface area contributed by atoms with Crippen LogP contribution in [0.3, 0.4) is 0 Å². The van der Waals surface area contributed by atoms with E-state index in [1.165, 1.54) is 16.9 Å². The Bertz CT molecular complexity index is 783. The van der Waals surface area contributed by atoms with Crippen LogP contribution in [-0.2, 0) is 6.42 Å². The summed E-state index contributed by atoms with van der Waals surface area (Å²) < 4.78 is 0. The Morgan fingerprint density at radius 2 is 1.64 bits per heavy atom. The molecule has 0 aliphatic carbocycles. The molecule has 3 heteroatoms. The Hall–Kier alpha value is -2.39. The molecule has 3 rings (SSSR count). The Morgan fingerprint density at radius 1 is 0.955 bits per heavy atom. The number of phenols is 1. The lowest BCUT2D eigenvalue weighted by Crippen LogP contribution is -2.00. The number of carbonyl (C=O) groups is 1. The van der Waals surface area contributed by atoms with Gasteiger partial charge < -0.3 is 5.11 Å². The highest BCUT2D eigenvalue weighted by Gasteiger charge is 2.11. The van der Waals surface area contributed by atoms with Crippen molar-refractivity contribution in [3.63, 3.8) is 0 Å². The lowest BCUT2D eigenvalue weighted by Gasteiger charge is -2.00. The second-order valence-corrected chi connectivity index (χ2v) is 6.38. The van der Waals surface area contributed by atoms with Gasteiger partial charge in [-0.25, -0.2) is 0 Å². The minimum absolute atomic E-state index is 0.106. The SMILES string of the molecule is Cc1ccc(-c2ccc(C(=O)Cc3ccc(O)cc3)s2)cc1. The Balaban J connectivity index is 1.76. The molecule has 0 saturated heterocycles. The first-order valence-electron chi connectivity index (χ1n) is 7.10. The second-order valence-electron chi connectivity index (χ2n) is 5.30. The van der Waals surface area contributed by atoms with E-state index in [9.17, 15) is 9.90 Å². The van der Waals surface area contributed by atoms with Crippen LogP contribution < -0.4 is 0 Å². The standard InChI is InChI=1S/C19H16O2S/c1-13-2-6-15(7-3-13)18-10-11-19(22-18)17(21)12-14-4-8-16(20)9-5-14/h2-11,20H,12H2,1H3. The third kappa shape index (κ3) is 3.26. The quantitative estimate of drug-likeness (QED) is 0.699. The van der Waals surface area contributed by atoms with E-state index in [1.54, 1.807) is 24.3 Å². The van der Waals surface area contributed by atoms with E-state index in [0.29, 0.717) is 6.42 Å². The maximum atomic E-state index is 12.3. The first kappa shape index (κ1) is 14.5. The van der Waals surface area contributed by atoms with E-state index in [0.717, 1.165) is 20.9 Å². The number of thiophene rings is 1. The van der Waals surface area contributed by atoms with Gasteiger partial charge in [-0.15, -0.1) is 11.3 Å². The molecule has 0 bridgehead atoms. The average Bonchev–Trinajstić information content (AvgIpc) is 3.00. The summed E-state index contributed by atoms with van der Waals surface area (Å²) in [5.74, 6) is 0.322. The molecule has 0 unspecified atom stereocenters. The molecule has 0 radical (unpaired) electrons. The maximum Gasteiger partial charge on any atom is 0.177 e. The molecule has 0 saturated carbocycles.